The van der Waals surface area contributed by atoms with E-state index in [0.29, 0.717) is 0 Å². The van der Waals surface area contributed by atoms with Gasteiger partial charge < -0.3 is 10.4 Å². The molecule has 2 nitrogen and oxygen atoms in total. The van der Waals surface area contributed by atoms with Crippen molar-refractivity contribution >= 4 is 0 Å². The zero-order chi connectivity index (χ0) is 7.49. The Kier molecular flexibility index (Phi) is 2.93. The standard InChI is InChI=1S/C4H8F3NO/c1-8-2-3(9)4(5,6)7/h3,8-9H,2H2,1H3/t3-/m1/s1. The molecule has 0 aliphatic heterocycles. The molecule has 0 heterocycles. The van der Waals surface area contributed by atoms with E-state index in [2.05, 4.69) is 5.32 Å². The lowest BCUT2D eigenvalue weighted by Gasteiger charge is -2.12. The van der Waals surface area contributed by atoms with Crippen LogP contribution in [0.2, 0.25) is 0 Å². The van der Waals surface area contributed by atoms with Crippen LogP contribution in [0.1, 0.15) is 0 Å². The normalized spacial score (nSPS) is 15.7. The van der Waals surface area contributed by atoms with Gasteiger partial charge in [-0.2, -0.15) is 13.2 Å². The van der Waals surface area contributed by atoms with Crippen LogP contribution in [0.4, 0.5) is 13.2 Å². The van der Waals surface area contributed by atoms with Crippen LogP contribution < -0.4 is 5.32 Å². The van der Waals surface area contributed by atoms with E-state index < -0.39 is 18.8 Å². The molecule has 1 atom stereocenters. The molecular weight excluding hydrogens is 135 g/mol. The minimum Gasteiger partial charge on any atom is -0.382 e. The highest BCUT2D eigenvalue weighted by Gasteiger charge is 2.37. The van der Waals surface area contributed by atoms with Gasteiger partial charge in [0.2, 0.25) is 0 Å². The van der Waals surface area contributed by atoms with Crippen molar-refractivity contribution in [1.29, 1.82) is 0 Å². The Labute approximate surface area is 50.7 Å². The van der Waals surface area contributed by atoms with Crippen LogP contribution in [-0.4, -0.2) is 31.0 Å². The highest BCUT2D eigenvalue weighted by atomic mass is 19.4. The minimum atomic E-state index is -4.50. The van der Waals surface area contributed by atoms with Crippen molar-refractivity contribution in [2.24, 2.45) is 0 Å². The van der Waals surface area contributed by atoms with Gasteiger partial charge in [-0.3, -0.25) is 0 Å². The van der Waals surface area contributed by atoms with Crippen molar-refractivity contribution in [3.63, 3.8) is 0 Å². The van der Waals surface area contributed by atoms with Crippen molar-refractivity contribution in [2.75, 3.05) is 13.6 Å². The number of halogens is 3. The fraction of sp³-hybridized carbons (Fsp3) is 1.00. The van der Waals surface area contributed by atoms with Gasteiger partial charge in [0, 0.05) is 6.54 Å². The first-order chi connectivity index (χ1) is 3.98. The maximum absolute atomic E-state index is 11.3. The van der Waals surface area contributed by atoms with Crippen LogP contribution in [0, 0.1) is 0 Å². The van der Waals surface area contributed by atoms with Gasteiger partial charge in [-0.05, 0) is 7.05 Å². The molecule has 0 unspecified atom stereocenters. The molecular formula is C4H8F3NO. The molecule has 0 fully saturated rings. The SMILES string of the molecule is CNC[C@@H](O)C(F)(F)F. The molecule has 0 amide bonds. The quantitative estimate of drug-likeness (QED) is 0.575. The summed E-state index contributed by atoms with van der Waals surface area (Å²) in [5, 5.41) is 10.4. The lowest BCUT2D eigenvalue weighted by Crippen LogP contribution is -2.36. The van der Waals surface area contributed by atoms with Gasteiger partial charge in [0.15, 0.2) is 6.10 Å². The molecule has 0 aromatic rings. The molecule has 0 aromatic heterocycles. The average molecular weight is 143 g/mol. The molecule has 9 heavy (non-hydrogen) atoms. The number of likely N-dealkylation sites (N-methyl/N-ethyl adjacent to an activating group) is 1. The first-order valence-corrected chi connectivity index (χ1v) is 2.38. The lowest BCUT2D eigenvalue weighted by atomic mass is 10.3. The molecule has 56 valence electrons. The van der Waals surface area contributed by atoms with Crippen LogP contribution >= 0.6 is 0 Å². The van der Waals surface area contributed by atoms with Crippen molar-refractivity contribution in [3.8, 4) is 0 Å². The van der Waals surface area contributed by atoms with E-state index >= 15 is 0 Å². The summed E-state index contributed by atoms with van der Waals surface area (Å²) in [6.45, 7) is -0.455. The summed E-state index contributed by atoms with van der Waals surface area (Å²) in [7, 11) is 1.34. The Morgan fingerprint density at radius 3 is 2.11 bits per heavy atom. The van der Waals surface area contributed by atoms with Gasteiger partial charge in [-0.1, -0.05) is 0 Å². The van der Waals surface area contributed by atoms with E-state index in [0.717, 1.165) is 0 Å². The summed E-state index contributed by atoms with van der Waals surface area (Å²) < 4.78 is 34.0. The summed E-state index contributed by atoms with van der Waals surface area (Å²) in [5.74, 6) is 0. The molecule has 0 aromatic carbocycles. The van der Waals surface area contributed by atoms with Crippen LogP contribution in [-0.2, 0) is 0 Å². The molecule has 0 rings (SSSR count). The Morgan fingerprint density at radius 1 is 1.56 bits per heavy atom. The van der Waals surface area contributed by atoms with Crippen molar-refractivity contribution in [2.45, 2.75) is 12.3 Å². The zero-order valence-electron chi connectivity index (χ0n) is 4.87. The van der Waals surface area contributed by atoms with E-state index in [4.69, 9.17) is 5.11 Å². The average Bonchev–Trinajstić information content (AvgIpc) is 1.64. The number of nitrogens with one attached hydrogen (secondary N) is 1. The van der Waals surface area contributed by atoms with E-state index in [1.165, 1.54) is 7.05 Å². The van der Waals surface area contributed by atoms with Gasteiger partial charge in [-0.15, -0.1) is 0 Å². The molecule has 0 spiro atoms. The van der Waals surface area contributed by atoms with E-state index in [1.807, 2.05) is 0 Å². The van der Waals surface area contributed by atoms with Crippen molar-refractivity contribution in [1.82, 2.24) is 5.32 Å². The van der Waals surface area contributed by atoms with Gasteiger partial charge in [0.1, 0.15) is 0 Å². The summed E-state index contributed by atoms with van der Waals surface area (Å²) >= 11 is 0. The highest BCUT2D eigenvalue weighted by molar-refractivity contribution is 4.65. The number of aliphatic hydroxyl groups is 1. The second kappa shape index (κ2) is 3.03. The summed E-state index contributed by atoms with van der Waals surface area (Å²) in [6.07, 6.45) is -6.74. The number of aliphatic hydroxyl groups excluding tert-OH is 1. The van der Waals surface area contributed by atoms with Gasteiger partial charge >= 0.3 is 6.18 Å². The molecule has 0 aliphatic carbocycles. The third kappa shape index (κ3) is 3.31. The maximum Gasteiger partial charge on any atom is 0.415 e. The third-order valence-electron chi connectivity index (χ3n) is 0.775. The first-order valence-electron chi connectivity index (χ1n) is 2.38. The summed E-state index contributed by atoms with van der Waals surface area (Å²) in [5.41, 5.74) is 0. The molecule has 0 saturated heterocycles. The maximum atomic E-state index is 11.3. The number of hydrogen-bond donors (Lipinski definition) is 2. The first kappa shape index (κ1) is 8.71. The molecule has 0 aliphatic rings. The van der Waals surface area contributed by atoms with E-state index in [9.17, 15) is 13.2 Å². The number of hydrogen-bond acceptors (Lipinski definition) is 2. The fourth-order valence-corrected chi connectivity index (χ4v) is 0.309. The summed E-state index contributed by atoms with van der Waals surface area (Å²) in [6, 6.07) is 0. The fourth-order valence-electron chi connectivity index (χ4n) is 0.309. The number of rotatable bonds is 2. The van der Waals surface area contributed by atoms with Crippen molar-refractivity contribution < 1.29 is 18.3 Å². The molecule has 5 heteroatoms. The predicted molar refractivity (Wildman–Crippen MR) is 26.0 cm³/mol. The van der Waals surface area contributed by atoms with Gasteiger partial charge in [-0.25, -0.2) is 0 Å². The highest BCUT2D eigenvalue weighted by Crippen LogP contribution is 2.18. The largest absolute Gasteiger partial charge is 0.415 e. The topological polar surface area (TPSA) is 32.3 Å². The van der Waals surface area contributed by atoms with E-state index in [-0.39, 0.29) is 0 Å². The molecule has 0 radical (unpaired) electrons. The third-order valence-corrected chi connectivity index (χ3v) is 0.775. The van der Waals surface area contributed by atoms with E-state index in [1.54, 1.807) is 0 Å². The zero-order valence-corrected chi connectivity index (χ0v) is 4.87. The number of alkyl halides is 3. The molecule has 2 N–H and O–H groups in total. The lowest BCUT2D eigenvalue weighted by molar-refractivity contribution is -0.201. The minimum absolute atomic E-state index is 0.455. The Morgan fingerprint density at radius 2 is 2.00 bits per heavy atom. The Balaban J connectivity index is 3.59. The van der Waals surface area contributed by atoms with Crippen LogP contribution in [0.15, 0.2) is 0 Å². The second-order valence-electron chi connectivity index (χ2n) is 1.62. The van der Waals surface area contributed by atoms with Crippen LogP contribution in [0.5, 0.6) is 0 Å². The van der Waals surface area contributed by atoms with Gasteiger partial charge in [0.25, 0.3) is 0 Å². The smallest absolute Gasteiger partial charge is 0.382 e. The van der Waals surface area contributed by atoms with Crippen LogP contribution in [0.25, 0.3) is 0 Å². The summed E-state index contributed by atoms with van der Waals surface area (Å²) in [4.78, 5) is 0. The van der Waals surface area contributed by atoms with Crippen LogP contribution in [0.3, 0.4) is 0 Å². The monoisotopic (exact) mass is 143 g/mol. The molecule has 0 bridgehead atoms. The Hall–Kier alpha value is -0.290. The molecule has 0 saturated carbocycles. The second-order valence-corrected chi connectivity index (χ2v) is 1.62. The Bertz CT molecular complexity index is 82.4. The van der Waals surface area contributed by atoms with Crippen molar-refractivity contribution in [3.05, 3.63) is 0 Å². The van der Waals surface area contributed by atoms with Gasteiger partial charge in [0.05, 0.1) is 0 Å². The predicted octanol–water partition coefficient (Wildman–Crippen LogP) is 0.129.